The van der Waals surface area contributed by atoms with E-state index < -0.39 is 20.9 Å². The highest BCUT2D eigenvalue weighted by atomic mass is 35.5. The number of thiazole rings is 1. The molecule has 3 aromatic rings. The van der Waals surface area contributed by atoms with Gasteiger partial charge < -0.3 is 4.90 Å². The third kappa shape index (κ3) is 4.11. The second-order valence-electron chi connectivity index (χ2n) is 7.64. The van der Waals surface area contributed by atoms with E-state index in [-0.39, 0.29) is 9.92 Å². The number of hydrogen-bond acceptors (Lipinski definition) is 5. The van der Waals surface area contributed by atoms with E-state index in [2.05, 4.69) is 42.3 Å². The Labute approximate surface area is 185 Å². The fourth-order valence-corrected chi connectivity index (χ4v) is 6.63. The molecule has 0 N–H and O–H groups in total. The van der Waals surface area contributed by atoms with Crippen molar-refractivity contribution in [2.24, 2.45) is 0 Å². The molecular weight excluding hydrogens is 443 g/mol. The molecule has 1 aliphatic rings. The zero-order valence-corrected chi connectivity index (χ0v) is 19.1. The van der Waals surface area contributed by atoms with Crippen LogP contribution >= 0.6 is 22.9 Å². The van der Waals surface area contributed by atoms with Crippen LogP contribution in [0.2, 0.25) is 5.02 Å². The topological polar surface area (TPSA) is 50.3 Å². The number of nitrogens with zero attached hydrogens (tertiary/aromatic N) is 2. The van der Waals surface area contributed by atoms with Crippen LogP contribution in [0.5, 0.6) is 0 Å². The SMILES string of the molecule is Cc1ccc(C)c(-c2csc(N3CCC(S(=O)(=O)c4ccc(F)c(Cl)c4)CC3)n2)c1. The fourth-order valence-electron chi connectivity index (χ4n) is 3.75. The lowest BCUT2D eigenvalue weighted by molar-refractivity contribution is 0.529. The van der Waals surface area contributed by atoms with Gasteiger partial charge in [-0.1, -0.05) is 29.3 Å². The Morgan fingerprint density at radius 3 is 2.57 bits per heavy atom. The van der Waals surface area contributed by atoms with Crippen molar-refractivity contribution in [2.45, 2.75) is 36.8 Å². The molecule has 0 atom stereocenters. The van der Waals surface area contributed by atoms with Crippen molar-refractivity contribution >= 4 is 37.9 Å². The molecule has 1 aliphatic heterocycles. The van der Waals surface area contributed by atoms with E-state index in [4.69, 9.17) is 16.6 Å². The Morgan fingerprint density at radius 1 is 1.13 bits per heavy atom. The first-order valence-corrected chi connectivity index (χ1v) is 12.5. The minimum atomic E-state index is -3.55. The molecule has 0 saturated carbocycles. The van der Waals surface area contributed by atoms with E-state index in [0.29, 0.717) is 25.9 Å². The van der Waals surface area contributed by atoms with Gasteiger partial charge in [0.05, 0.1) is 20.9 Å². The summed E-state index contributed by atoms with van der Waals surface area (Å²) in [5.74, 6) is -0.617. The molecule has 0 amide bonds. The number of aryl methyl sites for hydroxylation is 2. The number of benzene rings is 2. The van der Waals surface area contributed by atoms with Gasteiger partial charge in [-0.05, 0) is 56.5 Å². The monoisotopic (exact) mass is 464 g/mol. The number of rotatable bonds is 4. The molecule has 0 spiro atoms. The van der Waals surface area contributed by atoms with Gasteiger partial charge in [-0.15, -0.1) is 11.3 Å². The van der Waals surface area contributed by atoms with E-state index in [1.165, 1.54) is 23.3 Å². The second-order valence-corrected chi connectivity index (χ2v) is 11.1. The summed E-state index contributed by atoms with van der Waals surface area (Å²) in [6.07, 6.45) is 0.991. The molecule has 4 rings (SSSR count). The van der Waals surface area contributed by atoms with E-state index in [0.717, 1.165) is 22.5 Å². The molecule has 1 aromatic heterocycles. The van der Waals surface area contributed by atoms with Crippen molar-refractivity contribution in [1.82, 2.24) is 4.98 Å². The average molecular weight is 465 g/mol. The van der Waals surface area contributed by atoms with Crippen molar-refractivity contribution in [3.05, 3.63) is 63.7 Å². The van der Waals surface area contributed by atoms with Gasteiger partial charge >= 0.3 is 0 Å². The first-order chi connectivity index (χ1) is 14.3. The van der Waals surface area contributed by atoms with Crippen molar-refractivity contribution < 1.29 is 12.8 Å². The van der Waals surface area contributed by atoms with Crippen LogP contribution < -0.4 is 4.90 Å². The summed E-state index contributed by atoms with van der Waals surface area (Å²) in [6.45, 7) is 5.36. The molecule has 2 heterocycles. The Bertz CT molecular complexity index is 1190. The fraction of sp³-hybridized carbons (Fsp3) is 0.318. The maximum absolute atomic E-state index is 13.4. The highest BCUT2D eigenvalue weighted by Crippen LogP contribution is 2.33. The summed E-state index contributed by atoms with van der Waals surface area (Å²) in [4.78, 5) is 7.03. The quantitative estimate of drug-likeness (QED) is 0.467. The van der Waals surface area contributed by atoms with Crippen LogP contribution in [0, 0.1) is 19.7 Å². The van der Waals surface area contributed by atoms with Crippen molar-refractivity contribution in [1.29, 1.82) is 0 Å². The lowest BCUT2D eigenvalue weighted by Gasteiger charge is -2.31. The molecular formula is C22H22ClFN2O2S2. The van der Waals surface area contributed by atoms with Gasteiger partial charge in [0.1, 0.15) is 5.82 Å². The van der Waals surface area contributed by atoms with Crippen molar-refractivity contribution in [3.63, 3.8) is 0 Å². The molecule has 0 unspecified atom stereocenters. The molecule has 1 fully saturated rings. The zero-order valence-electron chi connectivity index (χ0n) is 16.7. The Balaban J connectivity index is 1.48. The third-order valence-electron chi connectivity index (χ3n) is 5.53. The lowest BCUT2D eigenvalue weighted by Crippen LogP contribution is -2.39. The second kappa shape index (κ2) is 8.29. The first kappa shape index (κ1) is 21.3. The van der Waals surface area contributed by atoms with Crippen LogP contribution in [0.25, 0.3) is 11.3 Å². The van der Waals surface area contributed by atoms with Crippen LogP contribution in [0.3, 0.4) is 0 Å². The molecule has 0 radical (unpaired) electrons. The van der Waals surface area contributed by atoms with Crippen molar-refractivity contribution in [2.75, 3.05) is 18.0 Å². The lowest BCUT2D eigenvalue weighted by atomic mass is 10.0. The van der Waals surface area contributed by atoms with E-state index in [1.54, 1.807) is 11.3 Å². The van der Waals surface area contributed by atoms with Crippen molar-refractivity contribution in [3.8, 4) is 11.3 Å². The minimum Gasteiger partial charge on any atom is -0.348 e. The summed E-state index contributed by atoms with van der Waals surface area (Å²) in [7, 11) is -3.55. The third-order valence-corrected chi connectivity index (χ3v) is 8.98. The van der Waals surface area contributed by atoms with Crippen LogP contribution in [-0.4, -0.2) is 31.7 Å². The highest BCUT2D eigenvalue weighted by Gasteiger charge is 2.32. The number of hydrogen-bond donors (Lipinski definition) is 0. The highest BCUT2D eigenvalue weighted by molar-refractivity contribution is 7.92. The Kier molecular flexibility index (Phi) is 5.88. The molecule has 0 bridgehead atoms. The molecule has 158 valence electrons. The average Bonchev–Trinajstić information content (AvgIpc) is 3.22. The molecule has 1 saturated heterocycles. The van der Waals surface area contributed by atoms with Crippen LogP contribution in [0.15, 0.2) is 46.7 Å². The number of piperidine rings is 1. The van der Waals surface area contributed by atoms with Crippen LogP contribution in [0.1, 0.15) is 24.0 Å². The minimum absolute atomic E-state index is 0.0822. The predicted molar refractivity (Wildman–Crippen MR) is 121 cm³/mol. The van der Waals surface area contributed by atoms with E-state index >= 15 is 0 Å². The van der Waals surface area contributed by atoms with Crippen LogP contribution in [-0.2, 0) is 9.84 Å². The Morgan fingerprint density at radius 2 is 1.87 bits per heavy atom. The molecule has 30 heavy (non-hydrogen) atoms. The maximum Gasteiger partial charge on any atom is 0.185 e. The summed E-state index contributed by atoms with van der Waals surface area (Å²) in [6, 6.07) is 9.93. The number of aromatic nitrogens is 1. The smallest absolute Gasteiger partial charge is 0.185 e. The number of anilines is 1. The summed E-state index contributed by atoms with van der Waals surface area (Å²) in [5, 5.41) is 2.29. The Hall–Kier alpha value is -1.96. The predicted octanol–water partition coefficient (Wildman–Crippen LogP) is 5.66. The van der Waals surface area contributed by atoms with Gasteiger partial charge in [-0.2, -0.15) is 0 Å². The summed E-state index contributed by atoms with van der Waals surface area (Å²) >= 11 is 7.36. The van der Waals surface area contributed by atoms with Gasteiger partial charge in [0.25, 0.3) is 0 Å². The molecule has 0 aliphatic carbocycles. The van der Waals surface area contributed by atoms with E-state index in [9.17, 15) is 12.8 Å². The van der Waals surface area contributed by atoms with E-state index in [1.807, 2.05) is 0 Å². The van der Waals surface area contributed by atoms with Gasteiger partial charge in [-0.3, -0.25) is 0 Å². The maximum atomic E-state index is 13.4. The largest absolute Gasteiger partial charge is 0.348 e. The first-order valence-electron chi connectivity index (χ1n) is 9.73. The number of sulfone groups is 1. The van der Waals surface area contributed by atoms with Gasteiger partial charge in [-0.25, -0.2) is 17.8 Å². The number of halogens is 2. The summed E-state index contributed by atoms with van der Waals surface area (Å²) in [5.41, 5.74) is 4.45. The van der Waals surface area contributed by atoms with Gasteiger partial charge in [0, 0.05) is 24.0 Å². The van der Waals surface area contributed by atoms with Gasteiger partial charge in [0.15, 0.2) is 15.0 Å². The zero-order chi connectivity index (χ0) is 21.5. The molecule has 4 nitrogen and oxygen atoms in total. The molecule has 2 aromatic carbocycles. The molecule has 8 heteroatoms. The normalized spacial score (nSPS) is 15.5. The van der Waals surface area contributed by atoms with Crippen LogP contribution in [0.4, 0.5) is 9.52 Å². The standard InChI is InChI=1S/C22H22ClFN2O2S2/c1-14-3-4-15(2)18(11-14)21-13-29-22(25-21)26-9-7-16(8-10-26)30(27,28)17-5-6-20(24)19(23)12-17/h3-6,11-13,16H,7-10H2,1-2H3. The summed E-state index contributed by atoms with van der Waals surface area (Å²) < 4.78 is 39.3. The van der Waals surface area contributed by atoms with Gasteiger partial charge in [0.2, 0.25) is 0 Å².